The molecular formula is C23H23FN6O3. The lowest BCUT2D eigenvalue weighted by Gasteiger charge is -2.08. The molecule has 0 fully saturated rings. The fraction of sp³-hybridized carbons (Fsp3) is 0.261. The van der Waals surface area contributed by atoms with Crippen molar-refractivity contribution in [2.24, 2.45) is 0 Å². The van der Waals surface area contributed by atoms with Gasteiger partial charge in [-0.2, -0.15) is 10.1 Å². The summed E-state index contributed by atoms with van der Waals surface area (Å²) in [5.74, 6) is 0.917. The van der Waals surface area contributed by atoms with Crippen LogP contribution in [0.5, 0.6) is 0 Å². The van der Waals surface area contributed by atoms with E-state index in [-0.39, 0.29) is 23.7 Å². The highest BCUT2D eigenvalue weighted by atomic mass is 19.1. The van der Waals surface area contributed by atoms with Crippen LogP contribution < -0.4 is 16.2 Å². The molecule has 1 amide bonds. The van der Waals surface area contributed by atoms with Crippen molar-refractivity contribution >= 4 is 22.5 Å². The molecule has 2 aromatic heterocycles. The van der Waals surface area contributed by atoms with Crippen LogP contribution in [0.25, 0.3) is 22.2 Å². The maximum atomic E-state index is 13.0. The lowest BCUT2D eigenvalue weighted by atomic mass is 10.2. The van der Waals surface area contributed by atoms with Gasteiger partial charge in [-0.25, -0.2) is 9.49 Å². The Bertz CT molecular complexity index is 1290. The second kappa shape index (κ2) is 10.5. The fourth-order valence-corrected chi connectivity index (χ4v) is 3.32. The minimum atomic E-state index is -0.337. The Labute approximate surface area is 188 Å². The van der Waals surface area contributed by atoms with Gasteiger partial charge in [0.2, 0.25) is 17.6 Å². The van der Waals surface area contributed by atoms with E-state index >= 15 is 0 Å². The summed E-state index contributed by atoms with van der Waals surface area (Å²) in [7, 11) is 0. The number of aromatic nitrogens is 4. The van der Waals surface area contributed by atoms with Crippen molar-refractivity contribution in [3.8, 4) is 11.4 Å². The number of amides is 1. The summed E-state index contributed by atoms with van der Waals surface area (Å²) in [4.78, 5) is 28.1. The van der Waals surface area contributed by atoms with E-state index < -0.39 is 0 Å². The zero-order chi connectivity index (χ0) is 23.0. The second-order valence-electron chi connectivity index (χ2n) is 7.45. The van der Waals surface area contributed by atoms with Gasteiger partial charge in [-0.1, -0.05) is 23.4 Å². The fourth-order valence-electron chi connectivity index (χ4n) is 3.32. The van der Waals surface area contributed by atoms with Gasteiger partial charge in [0.1, 0.15) is 5.82 Å². The molecule has 0 spiro atoms. The first-order valence-electron chi connectivity index (χ1n) is 10.7. The molecule has 0 aliphatic rings. The number of anilines is 1. The molecule has 0 radical (unpaired) electrons. The molecule has 0 saturated heterocycles. The summed E-state index contributed by atoms with van der Waals surface area (Å²) in [6, 6.07) is 13.1. The van der Waals surface area contributed by atoms with Crippen LogP contribution in [0.2, 0.25) is 0 Å². The third-order valence-corrected chi connectivity index (χ3v) is 5.05. The molecule has 2 heterocycles. The Hall–Kier alpha value is -4.08. The van der Waals surface area contributed by atoms with Crippen LogP contribution in [0, 0.1) is 5.82 Å². The smallest absolute Gasteiger partial charge is 0.272 e. The zero-order valence-electron chi connectivity index (χ0n) is 17.8. The predicted molar refractivity (Wildman–Crippen MR) is 121 cm³/mol. The van der Waals surface area contributed by atoms with Gasteiger partial charge in [-0.05, 0) is 43.2 Å². The number of carbonyl (C=O) groups is 1. The van der Waals surface area contributed by atoms with Crippen molar-refractivity contribution in [1.82, 2.24) is 25.7 Å². The minimum Gasteiger partial charge on any atom is -0.368 e. The lowest BCUT2D eigenvalue weighted by molar-refractivity contribution is -0.121. The molecule has 0 aliphatic heterocycles. The first-order chi connectivity index (χ1) is 16.1. The summed E-state index contributed by atoms with van der Waals surface area (Å²) in [6.07, 6.45) is 2.17. The minimum absolute atomic E-state index is 0.0993. The van der Waals surface area contributed by atoms with Gasteiger partial charge in [-0.15, -0.1) is 0 Å². The number of H-pyrrole nitrogens is 1. The average molecular weight is 450 g/mol. The number of fused-ring (bicyclic) bond motifs is 1. The number of aryl methyl sites for hydroxylation is 1. The number of nitrogens with zero attached hydrogens (tertiary/aromatic N) is 3. The maximum Gasteiger partial charge on any atom is 0.272 e. The molecule has 33 heavy (non-hydrogen) atoms. The Morgan fingerprint density at radius 2 is 1.79 bits per heavy atom. The van der Waals surface area contributed by atoms with Gasteiger partial charge < -0.3 is 15.2 Å². The Balaban J connectivity index is 1.14. The number of hydrogen-bond acceptors (Lipinski definition) is 7. The summed E-state index contributed by atoms with van der Waals surface area (Å²) >= 11 is 0. The van der Waals surface area contributed by atoms with E-state index in [0.717, 1.165) is 18.2 Å². The molecule has 4 rings (SSSR count). The molecule has 0 unspecified atom stereocenters. The van der Waals surface area contributed by atoms with Crippen LogP contribution in [0.4, 0.5) is 10.2 Å². The number of nitrogens with one attached hydrogen (secondary N) is 3. The third kappa shape index (κ3) is 5.79. The van der Waals surface area contributed by atoms with Gasteiger partial charge in [0.15, 0.2) is 5.82 Å². The number of rotatable bonds is 10. The quantitative estimate of drug-likeness (QED) is 0.317. The molecule has 0 atom stereocenters. The molecule has 9 nitrogen and oxygen atoms in total. The summed E-state index contributed by atoms with van der Waals surface area (Å²) < 4.78 is 18.2. The van der Waals surface area contributed by atoms with Gasteiger partial charge in [0.05, 0.1) is 5.39 Å². The normalized spacial score (nSPS) is 10.9. The van der Waals surface area contributed by atoms with Crippen molar-refractivity contribution < 1.29 is 13.7 Å². The number of halogens is 1. The first-order valence-corrected chi connectivity index (χ1v) is 10.7. The number of hydrogen-bond donors (Lipinski definition) is 3. The van der Waals surface area contributed by atoms with Crippen molar-refractivity contribution in [2.45, 2.75) is 25.7 Å². The molecular weight excluding hydrogens is 427 g/mol. The van der Waals surface area contributed by atoms with Crippen molar-refractivity contribution in [1.29, 1.82) is 0 Å². The molecule has 3 N–H and O–H groups in total. The lowest BCUT2D eigenvalue weighted by Crippen LogP contribution is -2.25. The number of carbonyl (C=O) groups excluding carboxylic acids is 1. The van der Waals surface area contributed by atoms with E-state index in [0.29, 0.717) is 48.0 Å². The highest BCUT2D eigenvalue weighted by Crippen LogP contribution is 2.17. The number of unbranched alkanes of at least 4 members (excludes halogenated alkanes) is 1. The molecule has 0 saturated carbocycles. The zero-order valence-corrected chi connectivity index (χ0v) is 17.8. The van der Waals surface area contributed by atoms with Crippen LogP contribution in [0.3, 0.4) is 0 Å². The Morgan fingerprint density at radius 3 is 2.61 bits per heavy atom. The second-order valence-corrected chi connectivity index (χ2v) is 7.45. The van der Waals surface area contributed by atoms with Gasteiger partial charge >= 0.3 is 0 Å². The topological polar surface area (TPSA) is 126 Å². The SMILES string of the molecule is O=C(CCc1nc(-c2ccc(F)cc2)no1)NCCCCNc1n[nH]c(=O)c2ccccc12. The Kier molecular flexibility index (Phi) is 7.03. The van der Waals surface area contributed by atoms with E-state index in [1.54, 1.807) is 18.2 Å². The van der Waals surface area contributed by atoms with E-state index in [2.05, 4.69) is 31.0 Å². The molecule has 0 bridgehead atoms. The highest BCUT2D eigenvalue weighted by Gasteiger charge is 2.11. The van der Waals surface area contributed by atoms with Crippen LogP contribution in [0.1, 0.15) is 25.2 Å². The molecule has 10 heteroatoms. The summed E-state index contributed by atoms with van der Waals surface area (Å²) in [6.45, 7) is 1.21. The van der Waals surface area contributed by atoms with Crippen molar-refractivity contribution in [2.75, 3.05) is 18.4 Å². The first kappa shape index (κ1) is 22.1. The van der Waals surface area contributed by atoms with Crippen molar-refractivity contribution in [3.05, 3.63) is 70.6 Å². The van der Waals surface area contributed by atoms with Crippen LogP contribution in [-0.4, -0.2) is 39.3 Å². The highest BCUT2D eigenvalue weighted by molar-refractivity contribution is 5.90. The third-order valence-electron chi connectivity index (χ3n) is 5.05. The van der Waals surface area contributed by atoms with E-state index in [1.807, 2.05) is 18.2 Å². The molecule has 0 aliphatic carbocycles. The molecule has 170 valence electrons. The monoisotopic (exact) mass is 450 g/mol. The largest absolute Gasteiger partial charge is 0.368 e. The predicted octanol–water partition coefficient (Wildman–Crippen LogP) is 3.05. The average Bonchev–Trinajstić information content (AvgIpc) is 3.31. The van der Waals surface area contributed by atoms with E-state index in [4.69, 9.17) is 4.52 Å². The van der Waals surface area contributed by atoms with Gasteiger partial charge in [-0.3, -0.25) is 9.59 Å². The Morgan fingerprint density at radius 1 is 1.03 bits per heavy atom. The standard InChI is InChI=1S/C23H23FN6O3/c24-16-9-7-15(8-10-16)21-27-20(33-30-21)12-11-19(31)25-13-3-4-14-26-22-17-5-1-2-6-18(17)23(32)29-28-22/h1-2,5-10H,3-4,11-14H2,(H,25,31)(H,26,28)(H,29,32). The van der Waals surface area contributed by atoms with Crippen LogP contribution in [-0.2, 0) is 11.2 Å². The van der Waals surface area contributed by atoms with Gasteiger partial charge in [0, 0.05) is 36.9 Å². The molecule has 2 aromatic carbocycles. The van der Waals surface area contributed by atoms with E-state index in [9.17, 15) is 14.0 Å². The van der Waals surface area contributed by atoms with E-state index in [1.165, 1.54) is 12.1 Å². The van der Waals surface area contributed by atoms with Crippen molar-refractivity contribution in [3.63, 3.8) is 0 Å². The van der Waals surface area contributed by atoms with Gasteiger partial charge in [0.25, 0.3) is 5.56 Å². The number of aromatic amines is 1. The van der Waals surface area contributed by atoms with Crippen LogP contribution in [0.15, 0.2) is 57.8 Å². The van der Waals surface area contributed by atoms with Crippen LogP contribution >= 0.6 is 0 Å². The maximum absolute atomic E-state index is 13.0. The molecule has 4 aromatic rings. The summed E-state index contributed by atoms with van der Waals surface area (Å²) in [5.41, 5.74) is 0.431. The summed E-state index contributed by atoms with van der Waals surface area (Å²) in [5, 5.41) is 17.9. The number of benzene rings is 2.